The molecule has 0 heterocycles. The lowest BCUT2D eigenvalue weighted by Gasteiger charge is -2.32. The van der Waals surface area contributed by atoms with Gasteiger partial charge in [0.25, 0.3) is 0 Å². The minimum atomic E-state index is -0.879. The van der Waals surface area contributed by atoms with Crippen molar-refractivity contribution in [2.24, 2.45) is 11.8 Å². The van der Waals surface area contributed by atoms with Crippen molar-refractivity contribution in [2.75, 3.05) is 0 Å². The molecule has 2 aromatic rings. The van der Waals surface area contributed by atoms with Crippen molar-refractivity contribution >= 4 is 11.9 Å². The van der Waals surface area contributed by atoms with Crippen molar-refractivity contribution < 1.29 is 19.4 Å². The van der Waals surface area contributed by atoms with Crippen molar-refractivity contribution in [1.82, 2.24) is 0 Å². The normalized spacial score (nSPS) is 21.8. The van der Waals surface area contributed by atoms with Crippen LogP contribution in [0.1, 0.15) is 53.8 Å². The number of carbonyl (C=O) groups excluding carboxylic acids is 1. The summed E-state index contributed by atoms with van der Waals surface area (Å²) in [5.74, 6) is 0.0887. The summed E-state index contributed by atoms with van der Waals surface area (Å²) in [6.45, 7) is 4.41. The van der Waals surface area contributed by atoms with Crippen LogP contribution in [0.2, 0.25) is 0 Å². The van der Waals surface area contributed by atoms with Crippen LogP contribution in [0.4, 0.5) is 0 Å². The lowest BCUT2D eigenvalue weighted by atomic mass is 9.81. The van der Waals surface area contributed by atoms with Gasteiger partial charge in [-0.05, 0) is 48.9 Å². The maximum Gasteiger partial charge on any atom is 0.338 e. The first-order valence-electron chi connectivity index (χ1n) is 9.01. The summed E-state index contributed by atoms with van der Waals surface area (Å²) >= 11 is 0. The fourth-order valence-electron chi connectivity index (χ4n) is 3.00. The van der Waals surface area contributed by atoms with Gasteiger partial charge in [-0.3, -0.25) is 0 Å². The monoisotopic (exact) mass is 354 g/mol. The van der Waals surface area contributed by atoms with Crippen molar-refractivity contribution in [3.63, 3.8) is 0 Å². The minimum absolute atomic E-state index is 0.0893. The first kappa shape index (κ1) is 19.7. The van der Waals surface area contributed by atoms with Gasteiger partial charge in [-0.15, -0.1) is 0 Å². The zero-order valence-corrected chi connectivity index (χ0v) is 15.3. The van der Waals surface area contributed by atoms with Gasteiger partial charge in [0, 0.05) is 0 Å². The Morgan fingerprint density at radius 1 is 0.885 bits per heavy atom. The molecule has 1 N–H and O–H groups in total. The number of aromatic carboxylic acids is 1. The standard InChI is InChI=1S/C15H20O2.C7H6O2/c1-11-8-9-12(2)14(10-11)17-15(16)13-6-4-3-5-7-13;8-7(9)6-4-2-1-3-5-6/h3-7,11-12,14H,8-10H2,1-2H3;1-5H,(H,8,9). The van der Waals surface area contributed by atoms with Crippen LogP contribution in [-0.4, -0.2) is 23.1 Å². The summed E-state index contributed by atoms with van der Waals surface area (Å²) < 4.78 is 5.62. The number of ether oxygens (including phenoxy) is 1. The lowest BCUT2D eigenvalue weighted by molar-refractivity contribution is -0.00307. The van der Waals surface area contributed by atoms with Gasteiger partial charge in [-0.1, -0.05) is 56.7 Å². The number of carbonyl (C=O) groups is 2. The van der Waals surface area contributed by atoms with Crippen LogP contribution < -0.4 is 0 Å². The molecule has 0 radical (unpaired) electrons. The highest BCUT2D eigenvalue weighted by molar-refractivity contribution is 5.89. The molecule has 1 aliphatic rings. The Hall–Kier alpha value is -2.62. The summed E-state index contributed by atoms with van der Waals surface area (Å²) in [6.07, 6.45) is 3.50. The molecular formula is C22H26O4. The fourth-order valence-corrected chi connectivity index (χ4v) is 3.00. The second-order valence-corrected chi connectivity index (χ2v) is 6.88. The van der Waals surface area contributed by atoms with Crippen molar-refractivity contribution in [3.8, 4) is 0 Å². The Morgan fingerprint density at radius 2 is 1.42 bits per heavy atom. The molecule has 26 heavy (non-hydrogen) atoms. The van der Waals surface area contributed by atoms with Gasteiger partial charge in [-0.25, -0.2) is 9.59 Å². The maximum atomic E-state index is 11.9. The summed E-state index contributed by atoms with van der Waals surface area (Å²) in [4.78, 5) is 22.1. The first-order chi connectivity index (χ1) is 12.5. The van der Waals surface area contributed by atoms with Crippen LogP contribution >= 0.6 is 0 Å². The molecule has 3 unspecified atom stereocenters. The Labute approximate surface area is 154 Å². The predicted octanol–water partition coefficient (Wildman–Crippen LogP) is 5.05. The van der Waals surface area contributed by atoms with E-state index >= 15 is 0 Å². The summed E-state index contributed by atoms with van der Waals surface area (Å²) in [5.41, 5.74) is 0.982. The quantitative estimate of drug-likeness (QED) is 0.783. The van der Waals surface area contributed by atoms with Gasteiger partial charge in [0.1, 0.15) is 6.10 Å². The highest BCUT2D eigenvalue weighted by Crippen LogP contribution is 2.30. The molecule has 0 aromatic heterocycles. The number of benzene rings is 2. The van der Waals surface area contributed by atoms with E-state index in [1.54, 1.807) is 42.5 Å². The van der Waals surface area contributed by atoms with Crippen LogP contribution in [0.25, 0.3) is 0 Å². The van der Waals surface area contributed by atoms with Crippen molar-refractivity contribution in [3.05, 3.63) is 71.8 Å². The van der Waals surface area contributed by atoms with Gasteiger partial charge in [-0.2, -0.15) is 0 Å². The molecule has 0 amide bonds. The van der Waals surface area contributed by atoms with E-state index in [0.717, 1.165) is 12.8 Å². The number of hydrogen-bond acceptors (Lipinski definition) is 3. The smallest absolute Gasteiger partial charge is 0.338 e. The largest absolute Gasteiger partial charge is 0.478 e. The number of rotatable bonds is 3. The van der Waals surface area contributed by atoms with E-state index in [0.29, 0.717) is 23.0 Å². The summed E-state index contributed by atoms with van der Waals surface area (Å²) in [7, 11) is 0. The second-order valence-electron chi connectivity index (χ2n) is 6.88. The third-order valence-corrected chi connectivity index (χ3v) is 4.67. The first-order valence-corrected chi connectivity index (χ1v) is 9.01. The zero-order chi connectivity index (χ0) is 18.9. The Morgan fingerprint density at radius 3 is 1.92 bits per heavy atom. The van der Waals surface area contributed by atoms with Gasteiger partial charge in [0.15, 0.2) is 0 Å². The van der Waals surface area contributed by atoms with E-state index in [2.05, 4.69) is 13.8 Å². The maximum absolute atomic E-state index is 11.9. The molecule has 1 saturated carbocycles. The molecule has 0 aliphatic heterocycles. The van der Waals surface area contributed by atoms with Crippen LogP contribution in [0.5, 0.6) is 0 Å². The number of carboxylic acids is 1. The molecule has 138 valence electrons. The minimum Gasteiger partial charge on any atom is -0.478 e. The summed E-state index contributed by atoms with van der Waals surface area (Å²) in [5, 5.41) is 8.38. The van der Waals surface area contributed by atoms with E-state index < -0.39 is 5.97 Å². The third kappa shape index (κ3) is 6.03. The van der Waals surface area contributed by atoms with Crippen LogP contribution in [0.15, 0.2) is 60.7 Å². The highest BCUT2D eigenvalue weighted by Gasteiger charge is 2.28. The third-order valence-electron chi connectivity index (χ3n) is 4.67. The van der Waals surface area contributed by atoms with Gasteiger partial charge in [0.2, 0.25) is 0 Å². The van der Waals surface area contributed by atoms with E-state index in [1.807, 2.05) is 18.2 Å². The topological polar surface area (TPSA) is 63.6 Å². The zero-order valence-electron chi connectivity index (χ0n) is 15.3. The average Bonchev–Trinajstić information content (AvgIpc) is 2.66. The molecule has 4 nitrogen and oxygen atoms in total. The molecule has 0 bridgehead atoms. The van der Waals surface area contributed by atoms with Crippen LogP contribution in [-0.2, 0) is 4.74 Å². The SMILES string of the molecule is CC1CCC(C)C(OC(=O)c2ccccc2)C1.O=C(O)c1ccccc1. The van der Waals surface area contributed by atoms with E-state index in [-0.39, 0.29) is 12.1 Å². The second kappa shape index (κ2) is 9.76. The molecule has 2 aromatic carbocycles. The van der Waals surface area contributed by atoms with E-state index in [9.17, 15) is 9.59 Å². The summed E-state index contributed by atoms with van der Waals surface area (Å²) in [6, 6.07) is 17.5. The number of hydrogen-bond donors (Lipinski definition) is 1. The molecule has 3 atom stereocenters. The van der Waals surface area contributed by atoms with E-state index in [1.165, 1.54) is 6.42 Å². The van der Waals surface area contributed by atoms with Gasteiger partial charge < -0.3 is 9.84 Å². The van der Waals surface area contributed by atoms with Gasteiger partial charge in [0.05, 0.1) is 11.1 Å². The highest BCUT2D eigenvalue weighted by atomic mass is 16.5. The molecule has 1 aliphatic carbocycles. The number of esters is 1. The Kier molecular flexibility index (Phi) is 7.39. The average molecular weight is 354 g/mol. The van der Waals surface area contributed by atoms with Crippen molar-refractivity contribution in [1.29, 1.82) is 0 Å². The van der Waals surface area contributed by atoms with Crippen LogP contribution in [0.3, 0.4) is 0 Å². The van der Waals surface area contributed by atoms with E-state index in [4.69, 9.17) is 9.84 Å². The molecule has 1 fully saturated rings. The van der Waals surface area contributed by atoms with Crippen LogP contribution in [0, 0.1) is 11.8 Å². The molecule has 0 spiro atoms. The van der Waals surface area contributed by atoms with Gasteiger partial charge >= 0.3 is 11.9 Å². The Balaban J connectivity index is 0.000000228. The number of carboxylic acid groups (broad SMARTS) is 1. The lowest BCUT2D eigenvalue weighted by Crippen LogP contribution is -2.31. The van der Waals surface area contributed by atoms with Crippen molar-refractivity contribution in [2.45, 2.75) is 39.2 Å². The Bertz CT molecular complexity index is 697. The molecule has 3 rings (SSSR count). The predicted molar refractivity (Wildman–Crippen MR) is 101 cm³/mol. The molecular weight excluding hydrogens is 328 g/mol. The molecule has 0 saturated heterocycles. The molecule has 4 heteroatoms. The fraction of sp³-hybridized carbons (Fsp3) is 0.364.